The van der Waals surface area contributed by atoms with Crippen molar-refractivity contribution in [3.63, 3.8) is 0 Å². The van der Waals surface area contributed by atoms with Gasteiger partial charge in [0.15, 0.2) is 11.6 Å². The lowest BCUT2D eigenvalue weighted by atomic mass is 9.98. The topological polar surface area (TPSA) is 67.1 Å². The number of amides is 1. The third-order valence-corrected chi connectivity index (χ3v) is 5.51. The number of benzene rings is 1. The average Bonchev–Trinajstić information content (AvgIpc) is 3.24. The molecule has 4 rings (SSSR count). The van der Waals surface area contributed by atoms with E-state index < -0.39 is 5.82 Å². The molecule has 0 bridgehead atoms. The third kappa shape index (κ3) is 3.75. The number of pyridine rings is 1. The van der Waals surface area contributed by atoms with Crippen LogP contribution in [0.3, 0.4) is 0 Å². The van der Waals surface area contributed by atoms with Crippen molar-refractivity contribution in [1.82, 2.24) is 14.3 Å². The Hall–Kier alpha value is -3.35. The highest BCUT2D eigenvalue weighted by atomic mass is 19.1. The number of aromatic nitrogens is 2. The highest BCUT2D eigenvalue weighted by Gasteiger charge is 2.24. The smallest absolute Gasteiger partial charge is 0.246 e. The number of aromatic hydroxyl groups is 1. The first kappa shape index (κ1) is 19.9. The summed E-state index contributed by atoms with van der Waals surface area (Å²) in [4.78, 5) is 17.9. The first-order valence-corrected chi connectivity index (χ1v) is 10.1. The molecule has 1 atom stereocenters. The fourth-order valence-corrected chi connectivity index (χ4v) is 3.95. The van der Waals surface area contributed by atoms with Crippen molar-refractivity contribution in [1.29, 1.82) is 0 Å². The predicted octanol–water partition coefficient (Wildman–Crippen LogP) is 3.96. The van der Waals surface area contributed by atoms with Gasteiger partial charge in [-0.05, 0) is 54.7 Å². The second kappa shape index (κ2) is 8.18. The van der Waals surface area contributed by atoms with Gasteiger partial charge in [-0.1, -0.05) is 13.5 Å². The molecule has 1 aliphatic heterocycles. The van der Waals surface area contributed by atoms with Gasteiger partial charge in [0, 0.05) is 18.3 Å². The molecule has 3 aromatic rings. The molecule has 6 nitrogen and oxygen atoms in total. The Morgan fingerprint density at radius 1 is 1.43 bits per heavy atom. The van der Waals surface area contributed by atoms with Gasteiger partial charge >= 0.3 is 0 Å². The van der Waals surface area contributed by atoms with Crippen LogP contribution in [0.15, 0.2) is 49.6 Å². The Balaban J connectivity index is 1.72. The van der Waals surface area contributed by atoms with E-state index >= 15 is 0 Å². The number of imidazole rings is 1. The lowest BCUT2D eigenvalue weighted by Crippen LogP contribution is -2.43. The van der Waals surface area contributed by atoms with E-state index in [0.717, 1.165) is 29.5 Å². The van der Waals surface area contributed by atoms with Crippen molar-refractivity contribution in [3.8, 4) is 22.6 Å². The molecule has 1 N–H and O–H groups in total. The highest BCUT2D eigenvalue weighted by molar-refractivity contribution is 5.87. The number of carbonyl (C=O) groups excluding carboxylic acids is 1. The summed E-state index contributed by atoms with van der Waals surface area (Å²) in [7, 11) is 0. The fraction of sp³-hybridized carbons (Fsp3) is 0.304. The van der Waals surface area contributed by atoms with Crippen LogP contribution in [0.2, 0.25) is 0 Å². The number of hydrogen-bond acceptors (Lipinski definition) is 4. The maximum atomic E-state index is 14.1. The van der Waals surface area contributed by atoms with Crippen molar-refractivity contribution in [2.24, 2.45) is 0 Å². The zero-order chi connectivity index (χ0) is 21.3. The van der Waals surface area contributed by atoms with E-state index in [2.05, 4.69) is 11.6 Å². The molecule has 1 fully saturated rings. The molecule has 156 valence electrons. The number of fused-ring (bicyclic) bond motifs is 1. The second-order valence-corrected chi connectivity index (χ2v) is 7.46. The predicted molar refractivity (Wildman–Crippen MR) is 112 cm³/mol. The van der Waals surface area contributed by atoms with E-state index in [4.69, 9.17) is 4.74 Å². The number of aryl methyl sites for hydroxylation is 1. The molecule has 0 spiro atoms. The maximum absolute atomic E-state index is 14.1. The molecule has 1 amide bonds. The van der Waals surface area contributed by atoms with Crippen LogP contribution in [0.5, 0.6) is 11.5 Å². The minimum atomic E-state index is -0.666. The van der Waals surface area contributed by atoms with Crippen molar-refractivity contribution in [3.05, 3.63) is 61.0 Å². The van der Waals surface area contributed by atoms with Crippen LogP contribution >= 0.6 is 0 Å². The molecular formula is C23H24FN3O3. The second-order valence-electron chi connectivity index (χ2n) is 7.46. The lowest BCUT2D eigenvalue weighted by Gasteiger charge is -2.32. The van der Waals surface area contributed by atoms with Crippen LogP contribution in [0, 0.1) is 5.82 Å². The van der Waals surface area contributed by atoms with Crippen molar-refractivity contribution >= 4 is 11.4 Å². The number of nitrogens with zero attached hydrogens (tertiary/aromatic N) is 3. The SMILES string of the molecule is C=CC(=O)N1CCCC(Oc2cc(-c3cc(F)c(O)cc3CC)cn3cncc23)C1. The Kier molecular flexibility index (Phi) is 5.44. The zero-order valence-corrected chi connectivity index (χ0v) is 16.8. The molecule has 1 aliphatic rings. The lowest BCUT2D eigenvalue weighted by molar-refractivity contribution is -0.128. The number of hydrogen-bond donors (Lipinski definition) is 1. The number of piperidine rings is 1. The van der Waals surface area contributed by atoms with E-state index in [1.165, 1.54) is 18.2 Å². The quantitative estimate of drug-likeness (QED) is 0.648. The molecule has 3 heterocycles. The summed E-state index contributed by atoms with van der Waals surface area (Å²) >= 11 is 0. The summed E-state index contributed by atoms with van der Waals surface area (Å²) in [5, 5.41) is 9.75. The Labute approximate surface area is 174 Å². The van der Waals surface area contributed by atoms with Gasteiger partial charge in [-0.2, -0.15) is 0 Å². The van der Waals surface area contributed by atoms with E-state index in [1.807, 2.05) is 23.6 Å². The van der Waals surface area contributed by atoms with Gasteiger partial charge in [-0.15, -0.1) is 0 Å². The van der Waals surface area contributed by atoms with E-state index in [9.17, 15) is 14.3 Å². The molecule has 1 saturated heterocycles. The van der Waals surface area contributed by atoms with Gasteiger partial charge in [0.1, 0.15) is 17.4 Å². The first-order chi connectivity index (χ1) is 14.5. The Morgan fingerprint density at radius 2 is 2.27 bits per heavy atom. The summed E-state index contributed by atoms with van der Waals surface area (Å²) in [6.45, 7) is 6.70. The molecule has 1 unspecified atom stereocenters. The molecular weight excluding hydrogens is 385 g/mol. The summed E-state index contributed by atoms with van der Waals surface area (Å²) in [6.07, 6.45) is 8.75. The average molecular weight is 409 g/mol. The minimum absolute atomic E-state index is 0.0984. The van der Waals surface area contributed by atoms with Crippen LogP contribution in [-0.2, 0) is 11.2 Å². The summed E-state index contributed by atoms with van der Waals surface area (Å²) in [6, 6.07) is 4.68. The van der Waals surface area contributed by atoms with Crippen LogP contribution in [0.25, 0.3) is 16.6 Å². The number of carbonyl (C=O) groups is 1. The van der Waals surface area contributed by atoms with E-state index in [-0.39, 0.29) is 17.8 Å². The monoisotopic (exact) mass is 409 g/mol. The van der Waals surface area contributed by atoms with Gasteiger partial charge in [-0.3, -0.25) is 4.79 Å². The number of rotatable bonds is 5. The first-order valence-electron chi connectivity index (χ1n) is 10.1. The fourth-order valence-electron chi connectivity index (χ4n) is 3.95. The number of phenols is 1. The molecule has 0 radical (unpaired) electrons. The standard InChI is InChI=1S/C23H24FN3O3/c1-3-15-8-21(28)19(24)10-18(15)16-9-22(20-11-25-14-27(20)12-16)30-17-6-5-7-26(13-17)23(29)4-2/h4,8-12,14,17,28H,2-3,5-7,13H2,1H3. The molecule has 30 heavy (non-hydrogen) atoms. The van der Waals surface area contributed by atoms with Crippen molar-refractivity contribution in [2.75, 3.05) is 13.1 Å². The number of phenolic OH excluding ortho intramolecular Hbond substituents is 1. The molecule has 0 aliphatic carbocycles. The van der Waals surface area contributed by atoms with Crippen LogP contribution in [-0.4, -0.2) is 44.5 Å². The van der Waals surface area contributed by atoms with E-state index in [0.29, 0.717) is 30.8 Å². The number of halogens is 1. The van der Waals surface area contributed by atoms with E-state index in [1.54, 1.807) is 17.4 Å². The van der Waals surface area contributed by atoms with Crippen LogP contribution in [0.1, 0.15) is 25.3 Å². The van der Waals surface area contributed by atoms with Crippen molar-refractivity contribution < 1.29 is 19.0 Å². The van der Waals surface area contributed by atoms with Gasteiger partial charge < -0.3 is 19.1 Å². The highest BCUT2D eigenvalue weighted by Crippen LogP contribution is 2.34. The Morgan fingerprint density at radius 3 is 3.03 bits per heavy atom. The third-order valence-electron chi connectivity index (χ3n) is 5.51. The Bertz CT molecular complexity index is 1110. The van der Waals surface area contributed by atoms with Gasteiger partial charge in [0.2, 0.25) is 5.91 Å². The van der Waals surface area contributed by atoms with Crippen LogP contribution < -0.4 is 4.74 Å². The summed E-state index contributed by atoms with van der Waals surface area (Å²) < 4.78 is 22.3. The van der Waals surface area contributed by atoms with Crippen molar-refractivity contribution in [2.45, 2.75) is 32.3 Å². The molecule has 0 saturated carbocycles. The zero-order valence-electron chi connectivity index (χ0n) is 16.8. The molecule has 2 aromatic heterocycles. The minimum Gasteiger partial charge on any atom is -0.505 e. The largest absolute Gasteiger partial charge is 0.505 e. The van der Waals surface area contributed by atoms with Gasteiger partial charge in [0.05, 0.1) is 19.1 Å². The normalized spacial score (nSPS) is 16.6. The maximum Gasteiger partial charge on any atom is 0.246 e. The summed E-state index contributed by atoms with van der Waals surface area (Å²) in [5.74, 6) is -0.497. The molecule has 1 aromatic carbocycles. The van der Waals surface area contributed by atoms with Gasteiger partial charge in [0.25, 0.3) is 0 Å². The number of likely N-dealkylation sites (tertiary alicyclic amines) is 1. The summed E-state index contributed by atoms with van der Waals surface area (Å²) in [5.41, 5.74) is 3.09. The number of ether oxygens (including phenoxy) is 1. The van der Waals surface area contributed by atoms with Crippen LogP contribution in [0.4, 0.5) is 4.39 Å². The molecule has 7 heteroatoms. The van der Waals surface area contributed by atoms with Gasteiger partial charge in [-0.25, -0.2) is 9.37 Å².